The molecule has 3 heterocycles. The molecule has 1 aromatic heterocycles. The number of benzene rings is 2. The topological polar surface area (TPSA) is 260 Å². The number of phenolic OH excluding ortho intramolecular Hbond substituents is 4. The van der Waals surface area contributed by atoms with E-state index in [2.05, 4.69) is 0 Å². The van der Waals surface area contributed by atoms with Crippen LogP contribution in [0.3, 0.4) is 0 Å². The van der Waals surface area contributed by atoms with E-state index in [9.17, 15) is 55.9 Å². The number of ether oxygens (including phenoxy) is 3. The van der Waals surface area contributed by atoms with E-state index in [0.29, 0.717) is 0 Å². The molecule has 10 N–H and O–H groups in total. The Balaban J connectivity index is 1.51. The minimum Gasteiger partial charge on any atom is -0.507 e. The molecule has 0 aliphatic carbocycles. The van der Waals surface area contributed by atoms with E-state index in [1.165, 1.54) is 6.07 Å². The first kappa shape index (κ1) is 28.0. The number of aromatic hydroxyl groups is 4. The first-order chi connectivity index (χ1) is 18.9. The second-order valence-corrected chi connectivity index (χ2v) is 9.49. The zero-order valence-corrected chi connectivity index (χ0v) is 20.3. The summed E-state index contributed by atoms with van der Waals surface area (Å²) in [5, 5.41) is 102. The molecule has 216 valence electrons. The molecule has 0 spiro atoms. The molecule has 0 bridgehead atoms. The maximum Gasteiger partial charge on any atom is 0.197 e. The largest absolute Gasteiger partial charge is 0.507 e. The summed E-state index contributed by atoms with van der Waals surface area (Å²) in [6.07, 6.45) is -16.1. The predicted molar refractivity (Wildman–Crippen MR) is 129 cm³/mol. The first-order valence-corrected chi connectivity index (χ1v) is 11.9. The van der Waals surface area contributed by atoms with Crippen molar-refractivity contribution in [2.75, 3.05) is 6.61 Å². The zero-order chi connectivity index (χ0) is 29.0. The highest BCUT2D eigenvalue weighted by molar-refractivity contribution is 5.88. The van der Waals surface area contributed by atoms with E-state index in [4.69, 9.17) is 18.6 Å². The third kappa shape index (κ3) is 4.72. The highest BCUT2D eigenvalue weighted by Gasteiger charge is 2.49. The Hall–Kier alpha value is -3.51. The van der Waals surface area contributed by atoms with Gasteiger partial charge >= 0.3 is 0 Å². The average molecular weight is 566 g/mol. The molecule has 2 saturated heterocycles. The number of aliphatic hydroxyl groups is 6. The summed E-state index contributed by atoms with van der Waals surface area (Å²) < 4.78 is 21.6. The smallest absolute Gasteiger partial charge is 0.197 e. The normalized spacial score (nSPS) is 32.8. The van der Waals surface area contributed by atoms with Gasteiger partial charge in [0.2, 0.25) is 0 Å². The number of rotatable bonds is 4. The fourth-order valence-corrected chi connectivity index (χ4v) is 4.63. The molecule has 15 nitrogen and oxygen atoms in total. The number of fused-ring (bicyclic) bond motifs is 1. The molecular weight excluding hydrogens is 540 g/mol. The minimum absolute atomic E-state index is 0.0846. The van der Waals surface area contributed by atoms with Crippen molar-refractivity contribution < 1.29 is 69.7 Å². The monoisotopic (exact) mass is 566 g/mol. The molecule has 2 fully saturated rings. The lowest BCUT2D eigenvalue weighted by molar-refractivity contribution is -0.364. The molecule has 2 aliphatic rings. The molecule has 2 aromatic carbocycles. The van der Waals surface area contributed by atoms with Crippen molar-refractivity contribution in [1.29, 1.82) is 0 Å². The van der Waals surface area contributed by atoms with E-state index in [1.54, 1.807) is 0 Å². The van der Waals surface area contributed by atoms with Crippen LogP contribution >= 0.6 is 0 Å². The van der Waals surface area contributed by atoms with Crippen LogP contribution in [-0.4, -0.2) is 107 Å². The van der Waals surface area contributed by atoms with Gasteiger partial charge in [-0.1, -0.05) is 0 Å². The van der Waals surface area contributed by atoms with Gasteiger partial charge in [0.15, 0.2) is 29.5 Å². The molecule has 0 amide bonds. The van der Waals surface area contributed by atoms with Gasteiger partial charge in [-0.3, -0.25) is 4.79 Å². The molecule has 3 aromatic rings. The SMILES string of the molecule is O=c1cc(-c2ccc(O)c(O)c2)oc2cc(O)c([C@@H]3OC(O[C@@H]4OC[C@H](O)[C@H](O)C4O)[C@@H](O)[C@H](O)C3O)c(O)c12. The first-order valence-electron chi connectivity index (χ1n) is 11.9. The fourth-order valence-electron chi connectivity index (χ4n) is 4.63. The maximum absolute atomic E-state index is 13.0. The molecule has 9 atom stereocenters. The van der Waals surface area contributed by atoms with Gasteiger partial charge in [-0.25, -0.2) is 0 Å². The van der Waals surface area contributed by atoms with Crippen molar-refractivity contribution >= 4 is 11.0 Å². The standard InChI is InChI=1S/C25H26O15/c26-8-2-1-7(3-9(8)27)13-4-10(28)15-14(38-13)5-11(29)16(18(15)32)23-20(34)19(33)22(36)25(39-23)40-24-21(35)17(31)12(30)6-37-24/h1-5,12,17,19-27,29-36H,6H2/t12-,17-,19+,20?,21?,22-,23-,24-,25?/m0/s1. The van der Waals surface area contributed by atoms with Gasteiger partial charge < -0.3 is 69.7 Å². The molecule has 5 rings (SSSR count). The molecule has 3 unspecified atom stereocenters. The second-order valence-electron chi connectivity index (χ2n) is 9.49. The van der Waals surface area contributed by atoms with Crippen LogP contribution in [0.25, 0.3) is 22.3 Å². The van der Waals surface area contributed by atoms with E-state index in [0.717, 1.165) is 24.3 Å². The van der Waals surface area contributed by atoms with Crippen LogP contribution in [0.4, 0.5) is 0 Å². The average Bonchev–Trinajstić information content (AvgIpc) is 2.91. The van der Waals surface area contributed by atoms with Crippen LogP contribution in [0, 0.1) is 0 Å². The third-order valence-electron chi connectivity index (χ3n) is 6.85. The number of hydrogen-bond donors (Lipinski definition) is 10. The molecule has 0 radical (unpaired) electrons. The van der Waals surface area contributed by atoms with Crippen LogP contribution in [0.5, 0.6) is 23.0 Å². The zero-order valence-electron chi connectivity index (χ0n) is 20.3. The summed E-state index contributed by atoms with van der Waals surface area (Å²) in [5.74, 6) is -2.62. The van der Waals surface area contributed by atoms with Gasteiger partial charge in [-0.2, -0.15) is 0 Å². The number of phenols is 4. The minimum atomic E-state index is -1.99. The number of hydrogen-bond acceptors (Lipinski definition) is 15. The van der Waals surface area contributed by atoms with Crippen LogP contribution in [-0.2, 0) is 14.2 Å². The van der Waals surface area contributed by atoms with Gasteiger partial charge in [-0.05, 0) is 18.2 Å². The second kappa shape index (κ2) is 10.5. The Morgan fingerprint density at radius 3 is 2.15 bits per heavy atom. The van der Waals surface area contributed by atoms with Crippen molar-refractivity contribution in [3.63, 3.8) is 0 Å². The Bertz CT molecular complexity index is 1470. The molecule has 2 aliphatic heterocycles. The van der Waals surface area contributed by atoms with E-state index in [-0.39, 0.29) is 16.9 Å². The Kier molecular flexibility index (Phi) is 7.34. The summed E-state index contributed by atoms with van der Waals surface area (Å²) >= 11 is 0. The number of aliphatic hydroxyl groups excluding tert-OH is 6. The maximum atomic E-state index is 13.0. The highest BCUT2D eigenvalue weighted by atomic mass is 16.8. The summed E-state index contributed by atoms with van der Waals surface area (Å²) in [6.45, 7) is -0.450. The van der Waals surface area contributed by atoms with Crippen LogP contribution in [0.15, 0.2) is 39.5 Å². The van der Waals surface area contributed by atoms with Crippen molar-refractivity contribution in [2.45, 2.75) is 55.3 Å². The van der Waals surface area contributed by atoms with Gasteiger partial charge in [-0.15, -0.1) is 0 Å². The van der Waals surface area contributed by atoms with Crippen LogP contribution < -0.4 is 5.43 Å². The van der Waals surface area contributed by atoms with Crippen molar-refractivity contribution in [3.05, 3.63) is 46.1 Å². The Morgan fingerprint density at radius 2 is 1.45 bits per heavy atom. The summed E-state index contributed by atoms with van der Waals surface area (Å²) in [7, 11) is 0. The highest BCUT2D eigenvalue weighted by Crippen LogP contribution is 2.45. The molecule has 15 heteroatoms. The van der Waals surface area contributed by atoms with Gasteiger partial charge in [0.1, 0.15) is 71.0 Å². The fraction of sp³-hybridized carbons (Fsp3) is 0.400. The van der Waals surface area contributed by atoms with Crippen LogP contribution in [0.2, 0.25) is 0 Å². The van der Waals surface area contributed by atoms with Gasteiger partial charge in [0.05, 0.1) is 12.2 Å². The van der Waals surface area contributed by atoms with Gasteiger partial charge in [0.25, 0.3) is 0 Å². The Labute approximate surface area is 223 Å². The lowest BCUT2D eigenvalue weighted by Gasteiger charge is -2.43. The molecule has 0 saturated carbocycles. The Morgan fingerprint density at radius 1 is 0.750 bits per heavy atom. The summed E-state index contributed by atoms with van der Waals surface area (Å²) in [6, 6.07) is 5.54. The van der Waals surface area contributed by atoms with Gasteiger partial charge in [0, 0.05) is 17.7 Å². The predicted octanol–water partition coefficient (Wildman–Crippen LogP) is -1.78. The lowest BCUT2D eigenvalue weighted by Crippen LogP contribution is -2.59. The van der Waals surface area contributed by atoms with E-state index in [1.807, 2.05) is 0 Å². The quantitative estimate of drug-likeness (QED) is 0.157. The third-order valence-corrected chi connectivity index (χ3v) is 6.85. The van der Waals surface area contributed by atoms with Crippen LogP contribution in [0.1, 0.15) is 11.7 Å². The van der Waals surface area contributed by atoms with E-state index >= 15 is 0 Å². The molecule has 40 heavy (non-hydrogen) atoms. The van der Waals surface area contributed by atoms with Crippen molar-refractivity contribution in [3.8, 4) is 34.3 Å². The summed E-state index contributed by atoms with van der Waals surface area (Å²) in [5.41, 5.74) is -1.50. The molecular formula is C25H26O15. The van der Waals surface area contributed by atoms with Crippen molar-refractivity contribution in [2.24, 2.45) is 0 Å². The summed E-state index contributed by atoms with van der Waals surface area (Å²) in [4.78, 5) is 13.0. The van der Waals surface area contributed by atoms with E-state index < -0.39 is 101 Å². The van der Waals surface area contributed by atoms with Crippen molar-refractivity contribution in [1.82, 2.24) is 0 Å². The lowest BCUT2D eigenvalue weighted by atomic mass is 9.91.